The molecule has 1 aliphatic heterocycles. The molecule has 2 aliphatic rings. The Balaban J connectivity index is 1.73. The lowest BCUT2D eigenvalue weighted by Crippen LogP contribution is -2.38. The van der Waals surface area contributed by atoms with Crippen molar-refractivity contribution in [2.75, 3.05) is 29.9 Å². The fourth-order valence-electron chi connectivity index (χ4n) is 3.50. The van der Waals surface area contributed by atoms with Crippen molar-refractivity contribution in [1.29, 1.82) is 5.26 Å². The molecule has 1 heterocycles. The van der Waals surface area contributed by atoms with Crippen LogP contribution in [0.4, 0.5) is 5.69 Å². The number of rotatable bonds is 3. The minimum atomic E-state index is -0.896. The fourth-order valence-corrected chi connectivity index (χ4v) is 4.40. The van der Waals surface area contributed by atoms with Gasteiger partial charge in [0.1, 0.15) is 5.41 Å². The first-order chi connectivity index (χ1) is 12.1. The van der Waals surface area contributed by atoms with E-state index < -0.39 is 5.41 Å². The van der Waals surface area contributed by atoms with E-state index in [4.69, 9.17) is 0 Å². The molecule has 2 fully saturated rings. The third-order valence-corrected chi connectivity index (χ3v) is 6.07. The van der Waals surface area contributed by atoms with Crippen molar-refractivity contribution >= 4 is 29.3 Å². The standard InChI is InChI=1S/C19H23N3O2S/c1-14-12-15(17(23)22-8-10-25-11-9-22)4-5-16(14)21-18(24)19(13-20)6-2-3-7-19/h4-5,12H,2-3,6-11H2,1H3,(H,21,24). The summed E-state index contributed by atoms with van der Waals surface area (Å²) in [7, 11) is 0. The van der Waals surface area contributed by atoms with Gasteiger partial charge >= 0.3 is 0 Å². The van der Waals surface area contributed by atoms with E-state index in [0.717, 1.165) is 43.0 Å². The largest absolute Gasteiger partial charge is 0.337 e. The number of anilines is 1. The number of aryl methyl sites for hydroxylation is 1. The van der Waals surface area contributed by atoms with Gasteiger partial charge in [-0.2, -0.15) is 17.0 Å². The van der Waals surface area contributed by atoms with Crippen LogP contribution in [0.3, 0.4) is 0 Å². The first-order valence-electron chi connectivity index (χ1n) is 8.76. The van der Waals surface area contributed by atoms with Crippen molar-refractivity contribution in [2.45, 2.75) is 32.6 Å². The summed E-state index contributed by atoms with van der Waals surface area (Å²) < 4.78 is 0. The Labute approximate surface area is 152 Å². The topological polar surface area (TPSA) is 73.2 Å². The summed E-state index contributed by atoms with van der Waals surface area (Å²) in [4.78, 5) is 27.0. The highest BCUT2D eigenvalue weighted by Crippen LogP contribution is 2.38. The number of nitrogens with one attached hydrogen (secondary N) is 1. The summed E-state index contributed by atoms with van der Waals surface area (Å²) >= 11 is 1.87. The molecule has 1 aliphatic carbocycles. The molecule has 0 radical (unpaired) electrons. The number of hydrogen-bond donors (Lipinski definition) is 1. The van der Waals surface area contributed by atoms with Gasteiger partial charge in [0.05, 0.1) is 6.07 Å². The maximum Gasteiger partial charge on any atom is 0.253 e. The van der Waals surface area contributed by atoms with Crippen molar-refractivity contribution in [3.63, 3.8) is 0 Å². The molecule has 0 unspecified atom stereocenters. The zero-order valence-electron chi connectivity index (χ0n) is 14.5. The SMILES string of the molecule is Cc1cc(C(=O)N2CCSCC2)ccc1NC(=O)C1(C#N)CCCC1. The summed E-state index contributed by atoms with van der Waals surface area (Å²) in [6.07, 6.45) is 3.08. The lowest BCUT2D eigenvalue weighted by Gasteiger charge is -2.26. The van der Waals surface area contributed by atoms with Gasteiger partial charge in [0, 0.05) is 35.8 Å². The minimum Gasteiger partial charge on any atom is -0.337 e. The van der Waals surface area contributed by atoms with E-state index >= 15 is 0 Å². The molecule has 25 heavy (non-hydrogen) atoms. The van der Waals surface area contributed by atoms with Crippen LogP contribution in [-0.4, -0.2) is 41.3 Å². The Morgan fingerprint density at radius 1 is 1.24 bits per heavy atom. The maximum absolute atomic E-state index is 12.6. The van der Waals surface area contributed by atoms with Crippen LogP contribution in [0.25, 0.3) is 0 Å². The Bertz CT molecular complexity index is 714. The molecule has 0 bridgehead atoms. The summed E-state index contributed by atoms with van der Waals surface area (Å²) in [6.45, 7) is 3.45. The monoisotopic (exact) mass is 357 g/mol. The van der Waals surface area contributed by atoms with Gasteiger partial charge in [-0.05, 0) is 43.5 Å². The second-order valence-electron chi connectivity index (χ2n) is 6.79. The number of thioether (sulfide) groups is 1. The molecule has 1 N–H and O–H groups in total. The molecule has 6 heteroatoms. The summed E-state index contributed by atoms with van der Waals surface area (Å²) in [5, 5.41) is 12.3. The van der Waals surface area contributed by atoms with Crippen molar-refractivity contribution < 1.29 is 9.59 Å². The smallest absolute Gasteiger partial charge is 0.253 e. The van der Waals surface area contributed by atoms with Crippen LogP contribution in [0, 0.1) is 23.7 Å². The van der Waals surface area contributed by atoms with Crippen molar-refractivity contribution in [2.24, 2.45) is 5.41 Å². The highest BCUT2D eigenvalue weighted by molar-refractivity contribution is 7.99. The molecule has 132 valence electrons. The Hall–Kier alpha value is -2.00. The third kappa shape index (κ3) is 3.67. The number of nitrogens with zero attached hydrogens (tertiary/aromatic N) is 2. The zero-order valence-corrected chi connectivity index (χ0v) is 15.3. The summed E-state index contributed by atoms with van der Waals surface area (Å²) in [6, 6.07) is 7.58. The van der Waals surface area contributed by atoms with Crippen LogP contribution in [0.2, 0.25) is 0 Å². The Kier molecular flexibility index (Phi) is 5.33. The van der Waals surface area contributed by atoms with Crippen LogP contribution in [0.1, 0.15) is 41.6 Å². The predicted molar refractivity (Wildman–Crippen MR) is 99.6 cm³/mol. The van der Waals surface area contributed by atoms with E-state index in [1.165, 1.54) is 0 Å². The number of amides is 2. The number of benzene rings is 1. The average molecular weight is 357 g/mol. The molecule has 1 saturated heterocycles. The van der Waals surface area contributed by atoms with Crippen LogP contribution in [0.15, 0.2) is 18.2 Å². The van der Waals surface area contributed by atoms with E-state index in [2.05, 4.69) is 11.4 Å². The van der Waals surface area contributed by atoms with Gasteiger partial charge < -0.3 is 10.2 Å². The molecule has 5 nitrogen and oxygen atoms in total. The zero-order chi connectivity index (χ0) is 17.9. The van der Waals surface area contributed by atoms with Crippen LogP contribution in [-0.2, 0) is 4.79 Å². The summed E-state index contributed by atoms with van der Waals surface area (Å²) in [5.41, 5.74) is 1.28. The molecule has 0 atom stereocenters. The van der Waals surface area contributed by atoms with Crippen molar-refractivity contribution in [3.05, 3.63) is 29.3 Å². The molecule has 3 rings (SSSR count). The molecule has 0 spiro atoms. The molecular formula is C19H23N3O2S. The van der Waals surface area contributed by atoms with Crippen LogP contribution >= 0.6 is 11.8 Å². The molecular weight excluding hydrogens is 334 g/mol. The van der Waals surface area contributed by atoms with E-state index in [1.807, 2.05) is 29.7 Å². The number of carbonyl (C=O) groups is 2. The van der Waals surface area contributed by atoms with Gasteiger partial charge in [-0.15, -0.1) is 0 Å². The maximum atomic E-state index is 12.6. The van der Waals surface area contributed by atoms with Gasteiger partial charge in [-0.25, -0.2) is 0 Å². The van der Waals surface area contributed by atoms with E-state index in [1.54, 1.807) is 12.1 Å². The van der Waals surface area contributed by atoms with Crippen LogP contribution < -0.4 is 5.32 Å². The highest BCUT2D eigenvalue weighted by atomic mass is 32.2. The fraction of sp³-hybridized carbons (Fsp3) is 0.526. The first-order valence-corrected chi connectivity index (χ1v) is 9.92. The minimum absolute atomic E-state index is 0.0468. The average Bonchev–Trinajstić information content (AvgIpc) is 3.14. The number of nitriles is 1. The normalized spacial score (nSPS) is 19.3. The van der Waals surface area contributed by atoms with Crippen molar-refractivity contribution in [1.82, 2.24) is 4.90 Å². The van der Waals surface area contributed by atoms with Gasteiger partial charge in [0.25, 0.3) is 5.91 Å². The molecule has 1 aromatic rings. The second kappa shape index (κ2) is 7.49. The quantitative estimate of drug-likeness (QED) is 0.901. The van der Waals surface area contributed by atoms with E-state index in [9.17, 15) is 14.9 Å². The van der Waals surface area contributed by atoms with Gasteiger partial charge in [0.15, 0.2) is 0 Å². The molecule has 0 aromatic heterocycles. The van der Waals surface area contributed by atoms with E-state index in [0.29, 0.717) is 24.1 Å². The van der Waals surface area contributed by atoms with Gasteiger partial charge in [0.2, 0.25) is 5.91 Å². The van der Waals surface area contributed by atoms with Crippen molar-refractivity contribution in [3.8, 4) is 6.07 Å². The van der Waals surface area contributed by atoms with Crippen LogP contribution in [0.5, 0.6) is 0 Å². The molecule has 1 aromatic carbocycles. The lowest BCUT2D eigenvalue weighted by atomic mass is 9.87. The van der Waals surface area contributed by atoms with Gasteiger partial charge in [-0.1, -0.05) is 12.8 Å². The number of carbonyl (C=O) groups excluding carboxylic acids is 2. The van der Waals surface area contributed by atoms with Gasteiger partial charge in [-0.3, -0.25) is 9.59 Å². The molecule has 2 amide bonds. The third-order valence-electron chi connectivity index (χ3n) is 5.13. The highest BCUT2D eigenvalue weighted by Gasteiger charge is 2.41. The lowest BCUT2D eigenvalue weighted by molar-refractivity contribution is -0.122. The second-order valence-corrected chi connectivity index (χ2v) is 8.01. The first kappa shape index (κ1) is 17.8. The predicted octanol–water partition coefficient (Wildman–Crippen LogP) is 3.21. The molecule has 1 saturated carbocycles. The Morgan fingerprint density at radius 2 is 1.92 bits per heavy atom. The Morgan fingerprint density at radius 3 is 2.52 bits per heavy atom. The summed E-state index contributed by atoms with van der Waals surface area (Å²) in [5.74, 6) is 1.79. The van der Waals surface area contributed by atoms with E-state index in [-0.39, 0.29) is 11.8 Å². The number of hydrogen-bond acceptors (Lipinski definition) is 4.